The largest absolute Gasteiger partial charge is 0.357 e. The maximum absolute atomic E-state index is 4.76. The minimum absolute atomic E-state index is 0.277. The number of fused-ring (bicyclic) bond motifs is 1. The van der Waals surface area contributed by atoms with Gasteiger partial charge in [-0.2, -0.15) is 5.10 Å². The molecule has 1 unspecified atom stereocenters. The van der Waals surface area contributed by atoms with Crippen molar-refractivity contribution in [3.05, 3.63) is 46.2 Å². The van der Waals surface area contributed by atoms with E-state index in [-0.39, 0.29) is 6.04 Å². The third kappa shape index (κ3) is 5.56. The minimum atomic E-state index is 0.277. The first kappa shape index (κ1) is 21.3. The summed E-state index contributed by atoms with van der Waals surface area (Å²) in [6.07, 6.45) is 2.89. The van der Waals surface area contributed by atoms with E-state index in [9.17, 15) is 0 Å². The zero-order valence-corrected chi connectivity index (χ0v) is 18.9. The molecule has 3 aromatic rings. The van der Waals surface area contributed by atoms with E-state index >= 15 is 0 Å². The molecule has 0 bridgehead atoms. The molecule has 1 aromatic carbocycles. The highest BCUT2D eigenvalue weighted by molar-refractivity contribution is 7.18. The average Bonchev–Trinajstić information content (AvgIpc) is 3.21. The van der Waals surface area contributed by atoms with Gasteiger partial charge in [-0.1, -0.05) is 12.1 Å². The summed E-state index contributed by atoms with van der Waals surface area (Å²) < 4.78 is 3.22. The van der Waals surface area contributed by atoms with Crippen LogP contribution in [0.3, 0.4) is 0 Å². The van der Waals surface area contributed by atoms with Crippen molar-refractivity contribution in [3.63, 3.8) is 0 Å². The van der Waals surface area contributed by atoms with Crippen LogP contribution in [-0.2, 0) is 19.9 Å². The van der Waals surface area contributed by atoms with E-state index < -0.39 is 0 Å². The summed E-state index contributed by atoms with van der Waals surface area (Å²) in [7, 11) is 2.00. The maximum atomic E-state index is 4.76. The number of hydrogen-bond donors (Lipinski definition) is 2. The molecular formula is C22H32N6S. The monoisotopic (exact) mass is 412 g/mol. The van der Waals surface area contributed by atoms with E-state index in [4.69, 9.17) is 9.98 Å². The van der Waals surface area contributed by atoms with Gasteiger partial charge < -0.3 is 10.6 Å². The van der Waals surface area contributed by atoms with Crippen molar-refractivity contribution in [1.29, 1.82) is 0 Å². The summed E-state index contributed by atoms with van der Waals surface area (Å²) in [4.78, 5) is 9.47. The molecule has 7 heteroatoms. The van der Waals surface area contributed by atoms with Crippen molar-refractivity contribution < 1.29 is 0 Å². The van der Waals surface area contributed by atoms with Gasteiger partial charge in [-0.15, -0.1) is 11.3 Å². The Morgan fingerprint density at radius 1 is 1.28 bits per heavy atom. The number of nitrogens with one attached hydrogen (secondary N) is 2. The molecule has 156 valence electrons. The number of aromatic nitrogens is 3. The van der Waals surface area contributed by atoms with Crippen LogP contribution < -0.4 is 10.6 Å². The van der Waals surface area contributed by atoms with Crippen LogP contribution in [0.5, 0.6) is 0 Å². The van der Waals surface area contributed by atoms with Crippen LogP contribution in [-0.4, -0.2) is 39.9 Å². The van der Waals surface area contributed by atoms with Crippen LogP contribution in [0.1, 0.15) is 42.2 Å². The number of thiazole rings is 1. The molecule has 3 rings (SSSR count). The summed E-state index contributed by atoms with van der Waals surface area (Å²) in [5, 5.41) is 12.6. The van der Waals surface area contributed by atoms with Crippen molar-refractivity contribution in [3.8, 4) is 0 Å². The van der Waals surface area contributed by atoms with E-state index in [0.29, 0.717) is 0 Å². The lowest BCUT2D eigenvalue weighted by Crippen LogP contribution is -2.43. The zero-order chi connectivity index (χ0) is 20.8. The van der Waals surface area contributed by atoms with E-state index in [2.05, 4.69) is 61.6 Å². The van der Waals surface area contributed by atoms with Gasteiger partial charge in [0.15, 0.2) is 5.96 Å². The summed E-state index contributed by atoms with van der Waals surface area (Å²) >= 11 is 1.78. The second kappa shape index (κ2) is 9.87. The van der Waals surface area contributed by atoms with E-state index in [0.717, 1.165) is 49.5 Å². The van der Waals surface area contributed by atoms with Crippen LogP contribution in [0.2, 0.25) is 0 Å². The normalized spacial score (nSPS) is 13.1. The fraction of sp³-hybridized carbons (Fsp3) is 0.500. The van der Waals surface area contributed by atoms with Crippen LogP contribution in [0.25, 0.3) is 10.2 Å². The highest BCUT2D eigenvalue weighted by Gasteiger charge is 2.14. The van der Waals surface area contributed by atoms with Gasteiger partial charge in [-0.25, -0.2) is 4.98 Å². The number of aryl methyl sites for hydroxylation is 3. The van der Waals surface area contributed by atoms with Crippen molar-refractivity contribution in [1.82, 2.24) is 25.4 Å². The summed E-state index contributed by atoms with van der Waals surface area (Å²) in [6.45, 7) is 10.1. The Balaban J connectivity index is 1.53. The molecule has 1 atom stereocenters. The lowest BCUT2D eigenvalue weighted by atomic mass is 10.1. The lowest BCUT2D eigenvalue weighted by molar-refractivity contribution is 0.634. The number of aliphatic imine (C=N–C) groups is 1. The van der Waals surface area contributed by atoms with Gasteiger partial charge in [-0.3, -0.25) is 9.67 Å². The quantitative estimate of drug-likeness (QED) is 0.336. The fourth-order valence-corrected chi connectivity index (χ4v) is 4.48. The number of hydrogen-bond acceptors (Lipinski definition) is 4. The molecule has 0 saturated heterocycles. The Morgan fingerprint density at radius 2 is 2.07 bits per heavy atom. The second-order valence-corrected chi connectivity index (χ2v) is 8.58. The van der Waals surface area contributed by atoms with Gasteiger partial charge in [0.2, 0.25) is 0 Å². The van der Waals surface area contributed by atoms with Crippen molar-refractivity contribution >= 4 is 27.5 Å². The Morgan fingerprint density at radius 3 is 2.76 bits per heavy atom. The summed E-state index contributed by atoms with van der Waals surface area (Å²) in [5.74, 6) is 0.878. The van der Waals surface area contributed by atoms with Gasteiger partial charge in [-0.05, 0) is 58.2 Å². The highest BCUT2D eigenvalue weighted by Crippen LogP contribution is 2.22. The number of guanidine groups is 1. The summed E-state index contributed by atoms with van der Waals surface area (Å²) in [6, 6.07) is 8.60. The lowest BCUT2D eigenvalue weighted by Gasteiger charge is -2.18. The predicted octanol–water partition coefficient (Wildman–Crippen LogP) is 3.77. The molecular weight excluding hydrogens is 380 g/mol. The number of rotatable bonds is 8. The van der Waals surface area contributed by atoms with Gasteiger partial charge in [0.05, 0.1) is 20.9 Å². The molecule has 2 heterocycles. The number of benzene rings is 1. The van der Waals surface area contributed by atoms with Crippen molar-refractivity contribution in [2.24, 2.45) is 12.0 Å². The molecule has 0 aliphatic heterocycles. The Labute approximate surface area is 177 Å². The molecule has 0 fully saturated rings. The fourth-order valence-electron chi connectivity index (χ4n) is 3.47. The first-order valence-corrected chi connectivity index (χ1v) is 11.2. The highest BCUT2D eigenvalue weighted by atomic mass is 32.1. The van der Waals surface area contributed by atoms with Crippen LogP contribution in [0.15, 0.2) is 29.3 Å². The van der Waals surface area contributed by atoms with E-state index in [1.54, 1.807) is 11.3 Å². The SMILES string of the molecule is CCNC(=NCCCc1nc2ccccc2s1)NC(C)Cc1c(C)nn(C)c1C. The number of para-hydroxylation sites is 1. The number of nitrogens with zero attached hydrogens (tertiary/aromatic N) is 4. The van der Waals surface area contributed by atoms with Crippen LogP contribution >= 0.6 is 11.3 Å². The molecule has 0 aliphatic carbocycles. The van der Waals surface area contributed by atoms with Crippen molar-refractivity contribution in [2.45, 2.75) is 53.0 Å². The van der Waals surface area contributed by atoms with Gasteiger partial charge in [0.25, 0.3) is 0 Å². The molecule has 0 spiro atoms. The van der Waals surface area contributed by atoms with Gasteiger partial charge in [0, 0.05) is 38.3 Å². The Bertz CT molecular complexity index is 938. The van der Waals surface area contributed by atoms with E-state index in [1.165, 1.54) is 21.0 Å². The van der Waals surface area contributed by atoms with Gasteiger partial charge in [0.1, 0.15) is 0 Å². The molecule has 0 saturated carbocycles. The minimum Gasteiger partial charge on any atom is -0.357 e. The van der Waals surface area contributed by atoms with Crippen molar-refractivity contribution in [2.75, 3.05) is 13.1 Å². The average molecular weight is 413 g/mol. The topological polar surface area (TPSA) is 67.1 Å². The smallest absolute Gasteiger partial charge is 0.191 e. The Kier molecular flexibility index (Phi) is 7.25. The first-order chi connectivity index (χ1) is 14.0. The standard InChI is InChI=1S/C22H32N6S/c1-6-23-22(25-15(2)14-18-16(3)27-28(5)17(18)4)24-13-9-12-21-26-19-10-7-8-11-20(19)29-21/h7-8,10-11,15H,6,9,12-14H2,1-5H3,(H2,23,24,25). The van der Waals surface area contributed by atoms with Gasteiger partial charge >= 0.3 is 0 Å². The summed E-state index contributed by atoms with van der Waals surface area (Å²) in [5.41, 5.74) is 4.75. The Hall–Kier alpha value is -2.41. The third-order valence-corrected chi connectivity index (χ3v) is 6.15. The molecule has 0 amide bonds. The molecule has 0 aliphatic rings. The molecule has 0 radical (unpaired) electrons. The maximum Gasteiger partial charge on any atom is 0.191 e. The van der Waals surface area contributed by atoms with Crippen LogP contribution in [0, 0.1) is 13.8 Å². The molecule has 2 N–H and O–H groups in total. The first-order valence-electron chi connectivity index (χ1n) is 10.4. The van der Waals surface area contributed by atoms with E-state index in [1.807, 2.05) is 17.8 Å². The second-order valence-electron chi connectivity index (χ2n) is 7.46. The zero-order valence-electron chi connectivity index (χ0n) is 18.1. The third-order valence-electron chi connectivity index (χ3n) is 5.05. The predicted molar refractivity (Wildman–Crippen MR) is 123 cm³/mol. The molecule has 29 heavy (non-hydrogen) atoms. The van der Waals surface area contributed by atoms with Crippen LogP contribution in [0.4, 0.5) is 0 Å². The molecule has 2 aromatic heterocycles. The molecule has 6 nitrogen and oxygen atoms in total.